The van der Waals surface area contributed by atoms with Crippen LogP contribution in [0, 0.1) is 22.7 Å². The van der Waals surface area contributed by atoms with Crippen LogP contribution in [0.5, 0.6) is 5.75 Å². The van der Waals surface area contributed by atoms with Gasteiger partial charge in [-0.05, 0) is 37.4 Å². The van der Waals surface area contributed by atoms with Crippen molar-refractivity contribution in [2.45, 2.75) is 39.7 Å². The summed E-state index contributed by atoms with van der Waals surface area (Å²) >= 11 is 6.30. The van der Waals surface area contributed by atoms with Gasteiger partial charge in [-0.15, -0.1) is 0 Å². The van der Waals surface area contributed by atoms with Crippen molar-refractivity contribution in [2.75, 3.05) is 13.2 Å². The van der Waals surface area contributed by atoms with E-state index in [-0.39, 0.29) is 5.41 Å². The Morgan fingerprint density at radius 2 is 2.19 bits per heavy atom. The summed E-state index contributed by atoms with van der Waals surface area (Å²) in [6.07, 6.45) is 2.75. The standard InChI is InChI=1S/C17H23ClN2O/c1-13(2)10-20-11-14-15(18)4-3-5-16(14)21-12-17(6-7-17)8-9-19/h3-5,13,20H,6-8,10-12H2,1-2H3. The van der Waals surface area contributed by atoms with Crippen LogP contribution in [-0.4, -0.2) is 13.2 Å². The van der Waals surface area contributed by atoms with Gasteiger partial charge in [-0.2, -0.15) is 5.26 Å². The zero-order valence-electron chi connectivity index (χ0n) is 12.8. The largest absolute Gasteiger partial charge is 0.493 e. The molecular formula is C17H23ClN2O. The number of rotatable bonds is 8. The summed E-state index contributed by atoms with van der Waals surface area (Å²) in [5, 5.41) is 13.0. The van der Waals surface area contributed by atoms with Gasteiger partial charge in [-0.1, -0.05) is 31.5 Å². The van der Waals surface area contributed by atoms with E-state index >= 15 is 0 Å². The molecule has 1 saturated carbocycles. The highest BCUT2D eigenvalue weighted by Crippen LogP contribution is 2.48. The van der Waals surface area contributed by atoms with Crippen molar-refractivity contribution in [1.29, 1.82) is 5.26 Å². The third kappa shape index (κ3) is 4.62. The first-order valence-electron chi connectivity index (χ1n) is 7.54. The van der Waals surface area contributed by atoms with Crippen LogP contribution in [0.25, 0.3) is 0 Å². The maximum absolute atomic E-state index is 8.87. The second-order valence-electron chi connectivity index (χ2n) is 6.36. The van der Waals surface area contributed by atoms with Crippen molar-refractivity contribution >= 4 is 11.6 Å². The van der Waals surface area contributed by atoms with Crippen LogP contribution in [-0.2, 0) is 6.54 Å². The third-order valence-electron chi connectivity index (χ3n) is 3.88. The molecule has 3 nitrogen and oxygen atoms in total. The average Bonchev–Trinajstić information content (AvgIpc) is 3.19. The van der Waals surface area contributed by atoms with E-state index in [0.717, 1.165) is 35.7 Å². The Kier molecular flexibility index (Phi) is 5.50. The van der Waals surface area contributed by atoms with Gasteiger partial charge in [0.1, 0.15) is 5.75 Å². The maximum Gasteiger partial charge on any atom is 0.125 e. The molecule has 0 spiro atoms. The van der Waals surface area contributed by atoms with Crippen LogP contribution >= 0.6 is 11.6 Å². The van der Waals surface area contributed by atoms with Crippen LogP contribution in [0.4, 0.5) is 0 Å². The van der Waals surface area contributed by atoms with Crippen LogP contribution in [0.15, 0.2) is 18.2 Å². The Labute approximate surface area is 132 Å². The number of nitriles is 1. The second kappa shape index (κ2) is 7.15. The number of ether oxygens (including phenoxy) is 1. The Hall–Kier alpha value is -1.24. The summed E-state index contributed by atoms with van der Waals surface area (Å²) in [6, 6.07) is 8.02. The van der Waals surface area contributed by atoms with Crippen LogP contribution in [0.1, 0.15) is 38.7 Å². The van der Waals surface area contributed by atoms with Crippen molar-refractivity contribution in [3.05, 3.63) is 28.8 Å². The fourth-order valence-electron chi connectivity index (χ4n) is 2.28. The van der Waals surface area contributed by atoms with Crippen LogP contribution in [0.2, 0.25) is 5.02 Å². The van der Waals surface area contributed by atoms with E-state index in [1.165, 1.54) is 0 Å². The summed E-state index contributed by atoms with van der Waals surface area (Å²) in [7, 11) is 0. The lowest BCUT2D eigenvalue weighted by Crippen LogP contribution is -2.20. The van der Waals surface area contributed by atoms with Gasteiger partial charge in [-0.3, -0.25) is 0 Å². The summed E-state index contributed by atoms with van der Waals surface area (Å²) in [5.74, 6) is 1.44. The molecule has 114 valence electrons. The maximum atomic E-state index is 8.87. The zero-order chi connectivity index (χ0) is 15.3. The number of hydrogen-bond donors (Lipinski definition) is 1. The molecule has 1 fully saturated rings. The Balaban J connectivity index is 1.98. The Morgan fingerprint density at radius 3 is 2.81 bits per heavy atom. The smallest absolute Gasteiger partial charge is 0.125 e. The summed E-state index contributed by atoms with van der Waals surface area (Å²) in [5.41, 5.74) is 1.09. The molecule has 0 atom stereocenters. The quantitative estimate of drug-likeness (QED) is 0.784. The molecule has 0 aliphatic heterocycles. The minimum absolute atomic E-state index is 0.0830. The highest BCUT2D eigenvalue weighted by molar-refractivity contribution is 6.31. The average molecular weight is 307 g/mol. The van der Waals surface area contributed by atoms with E-state index in [1.54, 1.807) is 0 Å². The topological polar surface area (TPSA) is 45.0 Å². The molecule has 2 rings (SSSR count). The first-order chi connectivity index (χ1) is 10.1. The molecule has 1 aromatic carbocycles. The predicted octanol–water partition coefficient (Wildman–Crippen LogP) is 4.16. The fourth-order valence-corrected chi connectivity index (χ4v) is 2.51. The van der Waals surface area contributed by atoms with Gasteiger partial charge in [-0.25, -0.2) is 0 Å². The van der Waals surface area contributed by atoms with E-state index in [2.05, 4.69) is 25.2 Å². The van der Waals surface area contributed by atoms with Gasteiger partial charge in [0.2, 0.25) is 0 Å². The minimum atomic E-state index is 0.0830. The highest BCUT2D eigenvalue weighted by atomic mass is 35.5. The zero-order valence-corrected chi connectivity index (χ0v) is 13.5. The van der Waals surface area contributed by atoms with Crippen molar-refractivity contribution in [1.82, 2.24) is 5.32 Å². The first kappa shape index (κ1) is 16.1. The number of hydrogen-bond acceptors (Lipinski definition) is 3. The van der Waals surface area contributed by atoms with Crippen molar-refractivity contribution < 1.29 is 4.74 Å². The predicted molar refractivity (Wildman–Crippen MR) is 85.4 cm³/mol. The van der Waals surface area contributed by atoms with Crippen molar-refractivity contribution in [3.63, 3.8) is 0 Å². The number of nitrogens with one attached hydrogen (secondary N) is 1. The molecule has 4 heteroatoms. The van der Waals surface area contributed by atoms with Crippen molar-refractivity contribution in [2.24, 2.45) is 11.3 Å². The number of halogens is 1. The lowest BCUT2D eigenvalue weighted by atomic mass is 10.1. The summed E-state index contributed by atoms with van der Waals surface area (Å²) < 4.78 is 5.98. The van der Waals surface area contributed by atoms with Crippen molar-refractivity contribution in [3.8, 4) is 11.8 Å². The van der Waals surface area contributed by atoms with Gasteiger partial charge in [0.25, 0.3) is 0 Å². The molecule has 1 aromatic rings. The Morgan fingerprint density at radius 1 is 1.43 bits per heavy atom. The molecule has 0 aromatic heterocycles. The van der Waals surface area contributed by atoms with Gasteiger partial charge in [0.15, 0.2) is 0 Å². The molecular weight excluding hydrogens is 284 g/mol. The van der Waals surface area contributed by atoms with Gasteiger partial charge in [0, 0.05) is 29.0 Å². The number of benzene rings is 1. The van der Waals surface area contributed by atoms with Gasteiger partial charge >= 0.3 is 0 Å². The van der Waals surface area contributed by atoms with E-state index in [9.17, 15) is 0 Å². The molecule has 0 saturated heterocycles. The molecule has 1 aliphatic carbocycles. The third-order valence-corrected chi connectivity index (χ3v) is 4.23. The first-order valence-corrected chi connectivity index (χ1v) is 7.92. The lowest BCUT2D eigenvalue weighted by molar-refractivity contribution is 0.234. The molecule has 1 aliphatic rings. The van der Waals surface area contributed by atoms with E-state index in [0.29, 0.717) is 25.5 Å². The lowest BCUT2D eigenvalue weighted by Gasteiger charge is -2.17. The number of nitrogens with zero attached hydrogens (tertiary/aromatic N) is 1. The van der Waals surface area contributed by atoms with Gasteiger partial charge in [0.05, 0.1) is 12.7 Å². The van der Waals surface area contributed by atoms with Gasteiger partial charge < -0.3 is 10.1 Å². The highest BCUT2D eigenvalue weighted by Gasteiger charge is 2.43. The minimum Gasteiger partial charge on any atom is -0.493 e. The van der Waals surface area contributed by atoms with Crippen LogP contribution < -0.4 is 10.1 Å². The SMILES string of the molecule is CC(C)CNCc1c(Cl)cccc1OCC1(CC#N)CC1. The summed E-state index contributed by atoms with van der Waals surface area (Å²) in [6.45, 7) is 6.62. The molecule has 1 N–H and O–H groups in total. The fraction of sp³-hybridized carbons (Fsp3) is 0.588. The second-order valence-corrected chi connectivity index (χ2v) is 6.77. The Bertz CT molecular complexity index is 518. The molecule has 0 radical (unpaired) electrons. The summed E-state index contributed by atoms with van der Waals surface area (Å²) in [4.78, 5) is 0. The molecule has 0 bridgehead atoms. The monoisotopic (exact) mass is 306 g/mol. The normalized spacial score (nSPS) is 15.8. The molecule has 0 heterocycles. The molecule has 21 heavy (non-hydrogen) atoms. The molecule has 0 unspecified atom stereocenters. The van der Waals surface area contributed by atoms with Crippen LogP contribution in [0.3, 0.4) is 0 Å². The molecule has 0 amide bonds. The van der Waals surface area contributed by atoms with E-state index in [1.807, 2.05) is 18.2 Å². The van der Waals surface area contributed by atoms with E-state index < -0.39 is 0 Å². The van der Waals surface area contributed by atoms with E-state index in [4.69, 9.17) is 21.6 Å².